The average molecular weight is 338 g/mol. The number of nitrogens with zero attached hydrogens (tertiary/aromatic N) is 2. The summed E-state index contributed by atoms with van der Waals surface area (Å²) in [4.78, 5) is 13.9. The third-order valence-electron chi connectivity index (χ3n) is 2.43. The van der Waals surface area contributed by atoms with Gasteiger partial charge in [-0.15, -0.1) is 0 Å². The average Bonchev–Trinajstić information content (AvgIpc) is 2.44. The van der Waals surface area contributed by atoms with Crippen LogP contribution in [0, 0.1) is 10.1 Å². The van der Waals surface area contributed by atoms with Gasteiger partial charge in [-0.2, -0.15) is 0 Å². The van der Waals surface area contributed by atoms with E-state index < -0.39 is 4.92 Å². The maximum atomic E-state index is 10.5. The first kappa shape index (κ1) is 14.3. The summed E-state index contributed by atoms with van der Waals surface area (Å²) in [6.45, 7) is 1.02. The number of nitrogens with one attached hydrogen (secondary N) is 1. The zero-order valence-corrected chi connectivity index (χ0v) is 12.0. The summed E-state index contributed by atoms with van der Waals surface area (Å²) in [5, 5.41) is 13.5. The van der Waals surface area contributed by atoms with E-state index in [9.17, 15) is 10.1 Å². The molecular formula is C13H12BrN3O3. The molecule has 0 atom stereocenters. The molecule has 6 nitrogen and oxygen atoms in total. The van der Waals surface area contributed by atoms with Gasteiger partial charge in [0.2, 0.25) is 0 Å². The van der Waals surface area contributed by atoms with Gasteiger partial charge in [0.25, 0.3) is 5.69 Å². The predicted molar refractivity (Wildman–Crippen MR) is 79.0 cm³/mol. The van der Waals surface area contributed by atoms with Gasteiger partial charge >= 0.3 is 0 Å². The number of aromatic nitrogens is 1. The second-order valence-corrected chi connectivity index (χ2v) is 4.81. The molecule has 0 fully saturated rings. The van der Waals surface area contributed by atoms with Crippen molar-refractivity contribution in [2.45, 2.75) is 0 Å². The Labute approximate surface area is 124 Å². The summed E-state index contributed by atoms with van der Waals surface area (Å²) in [5.41, 5.74) is -0.0269. The Hall–Kier alpha value is -2.15. The highest BCUT2D eigenvalue weighted by atomic mass is 79.9. The zero-order chi connectivity index (χ0) is 14.4. The van der Waals surface area contributed by atoms with E-state index in [-0.39, 0.29) is 5.69 Å². The van der Waals surface area contributed by atoms with Crippen molar-refractivity contribution in [2.75, 3.05) is 18.5 Å². The molecule has 20 heavy (non-hydrogen) atoms. The molecule has 7 heteroatoms. The van der Waals surface area contributed by atoms with Gasteiger partial charge in [-0.25, -0.2) is 4.98 Å². The Balaban J connectivity index is 1.77. The third-order valence-corrected chi connectivity index (χ3v) is 2.92. The molecule has 0 saturated carbocycles. The van der Waals surface area contributed by atoms with E-state index in [0.29, 0.717) is 19.0 Å². The number of rotatable bonds is 6. The maximum absolute atomic E-state index is 10.5. The highest BCUT2D eigenvalue weighted by molar-refractivity contribution is 9.10. The van der Waals surface area contributed by atoms with Crippen LogP contribution in [-0.2, 0) is 0 Å². The van der Waals surface area contributed by atoms with Gasteiger partial charge in [0.05, 0.1) is 11.5 Å². The maximum Gasteiger partial charge on any atom is 0.287 e. The second kappa shape index (κ2) is 6.85. The Morgan fingerprint density at radius 3 is 2.85 bits per heavy atom. The highest BCUT2D eigenvalue weighted by Gasteiger charge is 2.04. The van der Waals surface area contributed by atoms with Gasteiger partial charge in [-0.1, -0.05) is 22.0 Å². The van der Waals surface area contributed by atoms with Crippen molar-refractivity contribution >= 4 is 27.4 Å². The minimum atomic E-state index is -0.479. The Morgan fingerprint density at radius 1 is 1.35 bits per heavy atom. The smallest absolute Gasteiger partial charge is 0.287 e. The van der Waals surface area contributed by atoms with Crippen molar-refractivity contribution in [3.05, 3.63) is 57.2 Å². The van der Waals surface area contributed by atoms with Gasteiger partial charge in [0.1, 0.15) is 24.4 Å². The fourth-order valence-electron chi connectivity index (χ4n) is 1.50. The van der Waals surface area contributed by atoms with E-state index in [1.54, 1.807) is 6.07 Å². The number of nitro groups is 1. The molecular weight excluding hydrogens is 326 g/mol. The number of anilines is 1. The van der Waals surface area contributed by atoms with E-state index in [0.717, 1.165) is 10.2 Å². The molecule has 2 aromatic rings. The number of hydrogen-bond acceptors (Lipinski definition) is 5. The standard InChI is InChI=1S/C13H12BrN3O3/c14-10-2-1-3-12(8-10)20-7-6-15-13-5-4-11(9-16-13)17(18)19/h1-5,8-9H,6-7H2,(H,15,16). The van der Waals surface area contributed by atoms with Crippen LogP contribution >= 0.6 is 15.9 Å². The van der Waals surface area contributed by atoms with Gasteiger partial charge in [0.15, 0.2) is 0 Å². The molecule has 2 rings (SSSR count). The zero-order valence-electron chi connectivity index (χ0n) is 10.5. The van der Waals surface area contributed by atoms with Crippen LogP contribution in [0.4, 0.5) is 11.5 Å². The second-order valence-electron chi connectivity index (χ2n) is 3.89. The van der Waals surface area contributed by atoms with Crippen LogP contribution in [0.25, 0.3) is 0 Å². The summed E-state index contributed by atoms with van der Waals surface area (Å²) in [5.74, 6) is 1.35. The molecule has 0 bridgehead atoms. The van der Waals surface area contributed by atoms with Crippen molar-refractivity contribution in [3.8, 4) is 5.75 Å². The van der Waals surface area contributed by atoms with E-state index in [2.05, 4.69) is 26.2 Å². The lowest BCUT2D eigenvalue weighted by atomic mass is 10.3. The lowest BCUT2D eigenvalue weighted by molar-refractivity contribution is -0.385. The lowest BCUT2D eigenvalue weighted by Gasteiger charge is -2.08. The van der Waals surface area contributed by atoms with Crippen LogP contribution in [0.2, 0.25) is 0 Å². The summed E-state index contributed by atoms with van der Waals surface area (Å²) >= 11 is 3.37. The van der Waals surface area contributed by atoms with Gasteiger partial charge < -0.3 is 10.1 Å². The molecule has 0 spiro atoms. The van der Waals surface area contributed by atoms with Crippen LogP contribution in [0.15, 0.2) is 47.1 Å². The van der Waals surface area contributed by atoms with Crippen LogP contribution in [0.3, 0.4) is 0 Å². The molecule has 0 radical (unpaired) electrons. The van der Waals surface area contributed by atoms with Crippen LogP contribution in [-0.4, -0.2) is 23.1 Å². The van der Waals surface area contributed by atoms with E-state index in [4.69, 9.17) is 4.74 Å². The first-order valence-corrected chi connectivity index (χ1v) is 6.67. The lowest BCUT2D eigenvalue weighted by Crippen LogP contribution is -2.12. The summed E-state index contributed by atoms with van der Waals surface area (Å²) < 4.78 is 6.50. The van der Waals surface area contributed by atoms with Crippen LogP contribution in [0.1, 0.15) is 0 Å². The SMILES string of the molecule is O=[N+]([O-])c1ccc(NCCOc2cccc(Br)c2)nc1. The molecule has 0 aliphatic heterocycles. The van der Waals surface area contributed by atoms with Gasteiger partial charge in [-0.05, 0) is 24.3 Å². The molecule has 1 heterocycles. The molecule has 1 N–H and O–H groups in total. The molecule has 104 valence electrons. The normalized spacial score (nSPS) is 10.1. The van der Waals surface area contributed by atoms with Crippen LogP contribution in [0.5, 0.6) is 5.75 Å². The Bertz CT molecular complexity index is 590. The van der Waals surface area contributed by atoms with Crippen LogP contribution < -0.4 is 10.1 Å². The minimum Gasteiger partial charge on any atom is -0.492 e. The first-order valence-electron chi connectivity index (χ1n) is 5.88. The fourth-order valence-corrected chi connectivity index (χ4v) is 1.88. The minimum absolute atomic E-state index is 0.0269. The van der Waals surface area contributed by atoms with E-state index >= 15 is 0 Å². The number of halogens is 1. The monoisotopic (exact) mass is 337 g/mol. The molecule has 0 amide bonds. The number of benzene rings is 1. The Kier molecular flexibility index (Phi) is 4.89. The van der Waals surface area contributed by atoms with Crippen molar-refractivity contribution < 1.29 is 9.66 Å². The largest absolute Gasteiger partial charge is 0.492 e. The first-order chi connectivity index (χ1) is 9.65. The van der Waals surface area contributed by atoms with E-state index in [1.165, 1.54) is 12.3 Å². The van der Waals surface area contributed by atoms with E-state index in [1.807, 2.05) is 24.3 Å². The number of pyridine rings is 1. The Morgan fingerprint density at radius 2 is 2.20 bits per heavy atom. The molecule has 0 aliphatic carbocycles. The summed E-state index contributed by atoms with van der Waals surface area (Å²) in [7, 11) is 0. The van der Waals surface area contributed by atoms with Crippen molar-refractivity contribution in [3.63, 3.8) is 0 Å². The summed E-state index contributed by atoms with van der Waals surface area (Å²) in [6.07, 6.45) is 1.22. The molecule has 0 saturated heterocycles. The molecule has 0 aliphatic rings. The number of ether oxygens (including phenoxy) is 1. The quantitative estimate of drug-likeness (QED) is 0.497. The third kappa shape index (κ3) is 4.20. The van der Waals surface area contributed by atoms with Gasteiger partial charge in [-0.3, -0.25) is 10.1 Å². The predicted octanol–water partition coefficient (Wildman–Crippen LogP) is 3.24. The molecule has 1 aromatic carbocycles. The van der Waals surface area contributed by atoms with Crippen molar-refractivity contribution in [1.82, 2.24) is 4.98 Å². The molecule has 1 aromatic heterocycles. The highest BCUT2D eigenvalue weighted by Crippen LogP contribution is 2.17. The topological polar surface area (TPSA) is 77.3 Å². The van der Waals surface area contributed by atoms with Crippen molar-refractivity contribution in [1.29, 1.82) is 0 Å². The summed E-state index contributed by atoms with van der Waals surface area (Å²) in [6, 6.07) is 10.5. The fraction of sp³-hybridized carbons (Fsp3) is 0.154. The number of hydrogen-bond donors (Lipinski definition) is 1. The molecule has 0 unspecified atom stereocenters. The van der Waals surface area contributed by atoms with Crippen molar-refractivity contribution in [2.24, 2.45) is 0 Å². The van der Waals surface area contributed by atoms with Gasteiger partial charge in [0, 0.05) is 10.5 Å².